The Hall–Kier alpha value is -1.11. The van der Waals surface area contributed by atoms with Crippen molar-refractivity contribution in [3.05, 3.63) is 29.3 Å². The van der Waals surface area contributed by atoms with Crippen LogP contribution in [0.3, 0.4) is 0 Å². The van der Waals surface area contributed by atoms with Crippen molar-refractivity contribution in [3.63, 3.8) is 0 Å². The van der Waals surface area contributed by atoms with Gasteiger partial charge in [-0.15, -0.1) is 11.6 Å². The molecule has 0 saturated carbocycles. The van der Waals surface area contributed by atoms with E-state index >= 15 is 0 Å². The molecule has 5 nitrogen and oxygen atoms in total. The van der Waals surface area contributed by atoms with Gasteiger partial charge in [-0.3, -0.25) is 4.79 Å². The smallest absolute Gasteiger partial charge is 0.243 e. The zero-order valence-electron chi connectivity index (χ0n) is 13.0. The monoisotopic (exact) mass is 356 g/mol. The lowest BCUT2D eigenvalue weighted by Gasteiger charge is -2.33. The van der Waals surface area contributed by atoms with E-state index in [9.17, 15) is 13.2 Å². The highest BCUT2D eigenvalue weighted by molar-refractivity contribution is 7.89. The highest BCUT2D eigenvalue weighted by atomic mass is 35.5. The molecule has 7 heteroatoms. The fourth-order valence-corrected chi connectivity index (χ4v) is 4.92. The maximum absolute atomic E-state index is 12.8. The third-order valence-electron chi connectivity index (χ3n) is 4.66. The summed E-state index contributed by atoms with van der Waals surface area (Å²) in [4.78, 5) is 13.6. The number of aryl methyl sites for hydroxylation is 2. The molecule has 1 aromatic carbocycles. The number of carbonyl (C=O) groups excluding carboxylic acids is 1. The zero-order valence-corrected chi connectivity index (χ0v) is 14.6. The Bertz CT molecular complexity index is 697. The van der Waals surface area contributed by atoms with Gasteiger partial charge in [0, 0.05) is 26.2 Å². The number of nitrogens with zero attached hydrogens (tertiary/aromatic N) is 2. The molecule has 0 N–H and O–H groups in total. The third-order valence-corrected chi connectivity index (χ3v) is 6.79. The number of hydrogen-bond acceptors (Lipinski definition) is 3. The Balaban J connectivity index is 1.76. The van der Waals surface area contributed by atoms with Gasteiger partial charge in [0.1, 0.15) is 5.88 Å². The fourth-order valence-electron chi connectivity index (χ4n) is 3.28. The van der Waals surface area contributed by atoms with E-state index in [-0.39, 0.29) is 11.8 Å². The van der Waals surface area contributed by atoms with Crippen molar-refractivity contribution in [2.45, 2.75) is 30.6 Å². The molecule has 3 rings (SSSR count). The van der Waals surface area contributed by atoms with Crippen LogP contribution in [0.2, 0.25) is 0 Å². The topological polar surface area (TPSA) is 57.7 Å². The van der Waals surface area contributed by atoms with E-state index in [0.29, 0.717) is 31.1 Å². The first-order valence-electron chi connectivity index (χ1n) is 7.98. The lowest BCUT2D eigenvalue weighted by Crippen LogP contribution is -2.50. The Kier molecular flexibility index (Phi) is 4.94. The van der Waals surface area contributed by atoms with E-state index in [1.54, 1.807) is 11.0 Å². The summed E-state index contributed by atoms with van der Waals surface area (Å²) in [7, 11) is -3.49. The van der Waals surface area contributed by atoms with Gasteiger partial charge in [-0.1, -0.05) is 6.07 Å². The number of sulfonamides is 1. The minimum atomic E-state index is -3.49. The van der Waals surface area contributed by atoms with Crippen LogP contribution in [0.5, 0.6) is 0 Å². The van der Waals surface area contributed by atoms with Crippen LogP contribution >= 0.6 is 11.6 Å². The molecule has 0 aromatic heterocycles. The first-order chi connectivity index (χ1) is 11.0. The summed E-state index contributed by atoms with van der Waals surface area (Å²) in [6, 6.07) is 5.50. The molecule has 0 radical (unpaired) electrons. The lowest BCUT2D eigenvalue weighted by atomic mass is 9.92. The van der Waals surface area contributed by atoms with Crippen LogP contribution in [0.15, 0.2) is 23.1 Å². The number of amides is 1. The fraction of sp³-hybridized carbons (Fsp3) is 0.562. The van der Waals surface area contributed by atoms with Crippen LogP contribution in [0.4, 0.5) is 0 Å². The van der Waals surface area contributed by atoms with Gasteiger partial charge in [0.05, 0.1) is 4.90 Å². The van der Waals surface area contributed by atoms with E-state index in [1.165, 1.54) is 16.3 Å². The molecular weight excluding hydrogens is 336 g/mol. The Morgan fingerprint density at radius 3 is 2.35 bits per heavy atom. The summed E-state index contributed by atoms with van der Waals surface area (Å²) in [6.45, 7) is 1.44. The van der Waals surface area contributed by atoms with Crippen molar-refractivity contribution < 1.29 is 13.2 Å². The maximum Gasteiger partial charge on any atom is 0.243 e. The van der Waals surface area contributed by atoms with Gasteiger partial charge >= 0.3 is 0 Å². The van der Waals surface area contributed by atoms with Crippen LogP contribution in [0, 0.1) is 0 Å². The first kappa shape index (κ1) is 16.7. The molecule has 0 spiro atoms. The van der Waals surface area contributed by atoms with Crippen LogP contribution in [0.1, 0.15) is 24.0 Å². The number of hydrogen-bond donors (Lipinski definition) is 0. The predicted octanol–water partition coefficient (Wildman–Crippen LogP) is 1.64. The van der Waals surface area contributed by atoms with Crippen molar-refractivity contribution in [1.82, 2.24) is 9.21 Å². The van der Waals surface area contributed by atoms with Gasteiger partial charge in [-0.05, 0) is 48.9 Å². The molecule has 1 heterocycles. The number of rotatable bonds is 3. The molecule has 1 saturated heterocycles. The average Bonchev–Trinajstić information content (AvgIpc) is 2.60. The predicted molar refractivity (Wildman–Crippen MR) is 89.1 cm³/mol. The van der Waals surface area contributed by atoms with Crippen molar-refractivity contribution in [3.8, 4) is 0 Å². The maximum atomic E-state index is 12.8. The molecule has 23 heavy (non-hydrogen) atoms. The highest BCUT2D eigenvalue weighted by Crippen LogP contribution is 2.26. The summed E-state index contributed by atoms with van der Waals surface area (Å²) in [5, 5.41) is 0. The zero-order chi connectivity index (χ0) is 16.4. The Morgan fingerprint density at radius 1 is 1.04 bits per heavy atom. The van der Waals surface area contributed by atoms with Crippen molar-refractivity contribution >= 4 is 27.5 Å². The molecule has 0 bridgehead atoms. The average molecular weight is 357 g/mol. The van der Waals surface area contributed by atoms with Gasteiger partial charge in [0.25, 0.3) is 0 Å². The van der Waals surface area contributed by atoms with E-state index in [4.69, 9.17) is 11.6 Å². The normalized spacial score (nSPS) is 19.4. The van der Waals surface area contributed by atoms with E-state index in [2.05, 4.69) is 0 Å². The van der Waals surface area contributed by atoms with Gasteiger partial charge in [0.15, 0.2) is 0 Å². The van der Waals surface area contributed by atoms with E-state index < -0.39 is 10.0 Å². The van der Waals surface area contributed by atoms with Crippen LogP contribution in [-0.2, 0) is 27.7 Å². The minimum absolute atomic E-state index is 0.0580. The van der Waals surface area contributed by atoms with Crippen molar-refractivity contribution in [2.75, 3.05) is 32.1 Å². The van der Waals surface area contributed by atoms with Crippen LogP contribution < -0.4 is 0 Å². The Labute approximate surface area is 142 Å². The largest absolute Gasteiger partial charge is 0.339 e. The highest BCUT2D eigenvalue weighted by Gasteiger charge is 2.30. The number of alkyl halides is 1. The minimum Gasteiger partial charge on any atom is -0.339 e. The SMILES string of the molecule is O=C(CCl)N1CCN(S(=O)(=O)c2ccc3c(c2)CCCC3)CC1. The molecule has 126 valence electrons. The van der Waals surface area contributed by atoms with E-state index in [0.717, 1.165) is 24.8 Å². The number of carbonyl (C=O) groups is 1. The molecular formula is C16H21ClN2O3S. The molecule has 0 atom stereocenters. The number of benzene rings is 1. The molecule has 1 aromatic rings. The van der Waals surface area contributed by atoms with E-state index in [1.807, 2.05) is 12.1 Å². The number of fused-ring (bicyclic) bond motifs is 1. The van der Waals surface area contributed by atoms with Crippen LogP contribution in [0.25, 0.3) is 0 Å². The molecule has 1 aliphatic carbocycles. The summed E-state index contributed by atoms with van der Waals surface area (Å²) >= 11 is 5.55. The molecule has 1 amide bonds. The lowest BCUT2D eigenvalue weighted by molar-refractivity contribution is -0.129. The molecule has 1 fully saturated rings. The van der Waals surface area contributed by atoms with Crippen LogP contribution in [-0.4, -0.2) is 55.6 Å². The van der Waals surface area contributed by atoms with Crippen molar-refractivity contribution in [2.24, 2.45) is 0 Å². The van der Waals surface area contributed by atoms with Gasteiger partial charge in [0.2, 0.25) is 15.9 Å². The number of piperazine rings is 1. The number of halogens is 1. The van der Waals surface area contributed by atoms with Gasteiger partial charge < -0.3 is 4.90 Å². The molecule has 0 unspecified atom stereocenters. The second-order valence-electron chi connectivity index (χ2n) is 6.06. The Morgan fingerprint density at radius 2 is 1.70 bits per heavy atom. The first-order valence-corrected chi connectivity index (χ1v) is 9.95. The van der Waals surface area contributed by atoms with Gasteiger partial charge in [-0.2, -0.15) is 4.31 Å². The summed E-state index contributed by atoms with van der Waals surface area (Å²) in [5.41, 5.74) is 2.43. The second kappa shape index (κ2) is 6.79. The standard InChI is InChI=1S/C16H21ClN2O3S/c17-12-16(20)18-7-9-19(10-8-18)23(21,22)15-6-5-13-3-1-2-4-14(13)11-15/h5-6,11H,1-4,7-10,12H2. The summed E-state index contributed by atoms with van der Waals surface area (Å²) in [5.74, 6) is -0.199. The summed E-state index contributed by atoms with van der Waals surface area (Å²) in [6.07, 6.45) is 4.29. The van der Waals surface area contributed by atoms with Crippen molar-refractivity contribution in [1.29, 1.82) is 0 Å². The second-order valence-corrected chi connectivity index (χ2v) is 8.26. The molecule has 1 aliphatic heterocycles. The quantitative estimate of drug-likeness (QED) is 0.773. The van der Waals surface area contributed by atoms with Gasteiger partial charge in [-0.25, -0.2) is 8.42 Å². The summed E-state index contributed by atoms with van der Waals surface area (Å²) < 4.78 is 27.1. The third kappa shape index (κ3) is 3.39. The molecule has 2 aliphatic rings.